The van der Waals surface area contributed by atoms with Crippen LogP contribution in [0.15, 0.2) is 54.6 Å². The molecule has 0 bridgehead atoms. The van der Waals surface area contributed by atoms with Gasteiger partial charge in [-0.1, -0.05) is 30.3 Å². The van der Waals surface area contributed by atoms with Crippen LogP contribution in [0.3, 0.4) is 0 Å². The molecule has 1 saturated heterocycles. The van der Waals surface area contributed by atoms with Gasteiger partial charge in [0, 0.05) is 36.8 Å². The molecule has 1 aromatic heterocycles. The number of benzene rings is 2. The van der Waals surface area contributed by atoms with E-state index in [4.69, 9.17) is 4.74 Å². The first kappa shape index (κ1) is 19.0. The van der Waals surface area contributed by atoms with E-state index in [1.165, 1.54) is 18.4 Å². The molecule has 1 aliphatic carbocycles. The lowest BCUT2D eigenvalue weighted by atomic mass is 10.1. The second-order valence-corrected chi connectivity index (χ2v) is 7.97. The molecule has 1 amide bonds. The number of carbonyl (C=O) groups excluding carboxylic acids is 1. The molecule has 2 fully saturated rings. The summed E-state index contributed by atoms with van der Waals surface area (Å²) in [6, 6.07) is 17.9. The Morgan fingerprint density at radius 3 is 2.70 bits per heavy atom. The summed E-state index contributed by atoms with van der Waals surface area (Å²) in [5.74, 6) is 2.09. The Hall–Kier alpha value is -3.03. The molecule has 154 valence electrons. The lowest BCUT2D eigenvalue weighted by Gasteiger charge is -2.32. The third-order valence-electron chi connectivity index (χ3n) is 5.57. The van der Waals surface area contributed by atoms with Gasteiger partial charge in [0.1, 0.15) is 11.9 Å². The largest absolute Gasteiger partial charge is 0.366 e. The second kappa shape index (κ2) is 8.38. The van der Waals surface area contributed by atoms with Gasteiger partial charge in [-0.2, -0.15) is 5.10 Å². The fraction of sp³-hybridized carbons (Fsp3) is 0.348. The summed E-state index contributed by atoms with van der Waals surface area (Å²) in [5, 5.41) is 10.3. The fourth-order valence-corrected chi connectivity index (χ4v) is 3.71. The van der Waals surface area contributed by atoms with Crippen molar-refractivity contribution in [1.82, 2.24) is 20.1 Å². The van der Waals surface area contributed by atoms with Gasteiger partial charge in [0.15, 0.2) is 5.82 Å². The Morgan fingerprint density at radius 2 is 1.93 bits per heavy atom. The summed E-state index contributed by atoms with van der Waals surface area (Å²) in [5.41, 5.74) is 2.91. The van der Waals surface area contributed by atoms with Crippen molar-refractivity contribution in [3.05, 3.63) is 66.0 Å². The van der Waals surface area contributed by atoms with Gasteiger partial charge in [-0.3, -0.25) is 14.8 Å². The highest BCUT2D eigenvalue weighted by atomic mass is 16.5. The minimum Gasteiger partial charge on any atom is -0.366 e. The first-order valence-corrected chi connectivity index (χ1v) is 10.5. The normalized spacial score (nSPS) is 19.5. The van der Waals surface area contributed by atoms with Crippen molar-refractivity contribution < 1.29 is 9.53 Å². The lowest BCUT2D eigenvalue weighted by molar-refractivity contribution is -0.133. The van der Waals surface area contributed by atoms with Crippen LogP contribution >= 0.6 is 0 Å². The van der Waals surface area contributed by atoms with Crippen LogP contribution in [0.4, 0.5) is 5.69 Å². The minimum absolute atomic E-state index is 0.116. The molecule has 0 spiro atoms. The Bertz CT molecular complexity index is 998. The number of aromatic amines is 1. The number of rotatable bonds is 6. The Kier molecular flexibility index (Phi) is 5.29. The highest BCUT2D eigenvalue weighted by Crippen LogP contribution is 2.38. The number of morpholine rings is 1. The molecule has 7 nitrogen and oxygen atoms in total. The number of ether oxygens (including phenoxy) is 1. The molecular formula is C23H25N5O2. The SMILES string of the molecule is O=C(Nc1ccc(-c2n[nH]c(C3CC3)n2)cc1)C1CN(Cc2ccccc2)CCO1. The fourth-order valence-electron chi connectivity index (χ4n) is 3.71. The van der Waals surface area contributed by atoms with Crippen LogP contribution in [0.5, 0.6) is 0 Å². The summed E-state index contributed by atoms with van der Waals surface area (Å²) < 4.78 is 5.73. The van der Waals surface area contributed by atoms with Gasteiger partial charge >= 0.3 is 0 Å². The Balaban J connectivity index is 1.18. The summed E-state index contributed by atoms with van der Waals surface area (Å²) in [4.78, 5) is 19.5. The van der Waals surface area contributed by atoms with Crippen LogP contribution in [0, 0.1) is 0 Å². The number of hydrogen-bond donors (Lipinski definition) is 2. The molecule has 2 aromatic carbocycles. The minimum atomic E-state index is -0.476. The van der Waals surface area contributed by atoms with Crippen LogP contribution in [-0.2, 0) is 16.1 Å². The van der Waals surface area contributed by atoms with Crippen LogP contribution < -0.4 is 5.32 Å². The summed E-state index contributed by atoms with van der Waals surface area (Å²) in [7, 11) is 0. The first-order chi connectivity index (χ1) is 14.7. The maximum absolute atomic E-state index is 12.7. The Morgan fingerprint density at radius 1 is 1.13 bits per heavy atom. The van der Waals surface area contributed by atoms with Crippen molar-refractivity contribution in [3.8, 4) is 11.4 Å². The molecule has 5 rings (SSSR count). The van der Waals surface area contributed by atoms with Crippen molar-refractivity contribution >= 4 is 11.6 Å². The van der Waals surface area contributed by atoms with Gasteiger partial charge in [-0.05, 0) is 42.7 Å². The van der Waals surface area contributed by atoms with E-state index >= 15 is 0 Å². The van der Waals surface area contributed by atoms with Crippen molar-refractivity contribution in [1.29, 1.82) is 0 Å². The average molecular weight is 403 g/mol. The van der Waals surface area contributed by atoms with Crippen LogP contribution in [0.1, 0.15) is 30.1 Å². The van der Waals surface area contributed by atoms with Crippen molar-refractivity contribution in [2.24, 2.45) is 0 Å². The third kappa shape index (κ3) is 4.42. The van der Waals surface area contributed by atoms with E-state index in [0.717, 1.165) is 30.2 Å². The molecule has 1 unspecified atom stereocenters. The van der Waals surface area contributed by atoms with E-state index in [1.54, 1.807) is 0 Å². The molecule has 2 N–H and O–H groups in total. The topological polar surface area (TPSA) is 83.1 Å². The van der Waals surface area contributed by atoms with Crippen LogP contribution in [0.2, 0.25) is 0 Å². The van der Waals surface area contributed by atoms with Gasteiger partial charge in [0.25, 0.3) is 5.91 Å². The van der Waals surface area contributed by atoms with E-state index in [-0.39, 0.29) is 5.91 Å². The number of carbonyl (C=O) groups is 1. The van der Waals surface area contributed by atoms with Gasteiger partial charge in [-0.15, -0.1) is 0 Å². The standard InChI is InChI=1S/C23H25N5O2/c29-23(20-15-28(12-13-30-20)14-16-4-2-1-3-5-16)24-19-10-8-18(9-11-19)22-25-21(26-27-22)17-6-7-17/h1-5,8-11,17,20H,6-7,12-15H2,(H,24,29)(H,25,26,27). The van der Waals surface area contributed by atoms with Gasteiger partial charge in [-0.25, -0.2) is 4.98 Å². The quantitative estimate of drug-likeness (QED) is 0.660. The number of anilines is 1. The predicted molar refractivity (Wildman–Crippen MR) is 114 cm³/mol. The maximum Gasteiger partial charge on any atom is 0.254 e. The zero-order chi connectivity index (χ0) is 20.3. The van der Waals surface area contributed by atoms with Crippen LogP contribution in [-0.4, -0.2) is 51.8 Å². The predicted octanol–water partition coefficient (Wildman–Crippen LogP) is 3.19. The molecule has 1 saturated carbocycles. The molecule has 3 aromatic rings. The maximum atomic E-state index is 12.7. The molecule has 1 atom stereocenters. The van der Waals surface area contributed by atoms with E-state index in [1.807, 2.05) is 42.5 Å². The summed E-state index contributed by atoms with van der Waals surface area (Å²) in [6.07, 6.45) is 1.90. The smallest absolute Gasteiger partial charge is 0.254 e. The zero-order valence-electron chi connectivity index (χ0n) is 16.8. The molecule has 7 heteroatoms. The molecule has 2 aliphatic rings. The van der Waals surface area contributed by atoms with Crippen LogP contribution in [0.25, 0.3) is 11.4 Å². The number of nitrogens with one attached hydrogen (secondary N) is 2. The molecule has 2 heterocycles. The molecule has 30 heavy (non-hydrogen) atoms. The van der Waals surface area contributed by atoms with Gasteiger partial charge < -0.3 is 10.1 Å². The first-order valence-electron chi connectivity index (χ1n) is 10.5. The molecule has 1 aliphatic heterocycles. The third-order valence-corrected chi connectivity index (χ3v) is 5.57. The average Bonchev–Trinajstić information content (AvgIpc) is 3.52. The second-order valence-electron chi connectivity index (χ2n) is 7.97. The van der Waals surface area contributed by atoms with E-state index in [0.29, 0.717) is 24.9 Å². The highest BCUT2D eigenvalue weighted by Gasteiger charge is 2.28. The monoisotopic (exact) mass is 403 g/mol. The van der Waals surface area contributed by atoms with E-state index in [2.05, 4.69) is 37.5 Å². The lowest BCUT2D eigenvalue weighted by Crippen LogP contribution is -2.47. The van der Waals surface area contributed by atoms with E-state index in [9.17, 15) is 4.79 Å². The summed E-state index contributed by atoms with van der Waals surface area (Å²) in [6.45, 7) is 2.78. The summed E-state index contributed by atoms with van der Waals surface area (Å²) >= 11 is 0. The Labute approximate surface area is 175 Å². The highest BCUT2D eigenvalue weighted by molar-refractivity contribution is 5.94. The van der Waals surface area contributed by atoms with Crippen molar-refractivity contribution in [2.45, 2.75) is 31.4 Å². The number of hydrogen-bond acceptors (Lipinski definition) is 5. The van der Waals surface area contributed by atoms with Gasteiger partial charge in [0.2, 0.25) is 0 Å². The van der Waals surface area contributed by atoms with Gasteiger partial charge in [0.05, 0.1) is 6.61 Å². The van der Waals surface area contributed by atoms with Crippen molar-refractivity contribution in [3.63, 3.8) is 0 Å². The van der Waals surface area contributed by atoms with E-state index < -0.39 is 6.10 Å². The number of amides is 1. The number of nitrogens with zero attached hydrogens (tertiary/aromatic N) is 3. The number of aromatic nitrogens is 3. The molecule has 0 radical (unpaired) electrons. The molecular weight excluding hydrogens is 378 g/mol. The number of H-pyrrole nitrogens is 1. The van der Waals surface area contributed by atoms with Crippen molar-refractivity contribution in [2.75, 3.05) is 25.0 Å². The zero-order valence-corrected chi connectivity index (χ0v) is 16.8.